The summed E-state index contributed by atoms with van der Waals surface area (Å²) >= 11 is 0. The lowest BCUT2D eigenvalue weighted by molar-refractivity contribution is -0.136. The van der Waals surface area contributed by atoms with Gasteiger partial charge in [-0.3, -0.25) is 24.4 Å². The summed E-state index contributed by atoms with van der Waals surface area (Å²) in [7, 11) is 1.85. The van der Waals surface area contributed by atoms with E-state index in [1.54, 1.807) is 28.0 Å². The van der Waals surface area contributed by atoms with E-state index in [-0.39, 0.29) is 18.2 Å². The third kappa shape index (κ3) is 2.73. The number of aryl methyl sites for hydroxylation is 2. The van der Waals surface area contributed by atoms with Gasteiger partial charge < -0.3 is 9.42 Å². The highest BCUT2D eigenvalue weighted by molar-refractivity contribution is 6.05. The van der Waals surface area contributed by atoms with Crippen molar-refractivity contribution in [3.05, 3.63) is 47.5 Å². The molecule has 0 spiro atoms. The molecule has 1 aromatic carbocycles. The summed E-state index contributed by atoms with van der Waals surface area (Å²) in [6.07, 6.45) is 4.02. The van der Waals surface area contributed by atoms with Crippen LogP contribution in [0.15, 0.2) is 35.1 Å². The van der Waals surface area contributed by atoms with E-state index in [1.807, 2.05) is 26.1 Å². The molecule has 1 fully saturated rings. The van der Waals surface area contributed by atoms with E-state index >= 15 is 0 Å². The number of imide groups is 1. The molecule has 3 aromatic rings. The van der Waals surface area contributed by atoms with Crippen LogP contribution >= 0.6 is 0 Å². The van der Waals surface area contributed by atoms with Crippen molar-refractivity contribution >= 4 is 17.7 Å². The van der Waals surface area contributed by atoms with Crippen molar-refractivity contribution < 1.29 is 18.9 Å². The Morgan fingerprint density at radius 2 is 1.97 bits per heavy atom. The van der Waals surface area contributed by atoms with Crippen LogP contribution in [0.3, 0.4) is 0 Å². The first-order valence-electron chi connectivity index (χ1n) is 9.65. The fourth-order valence-corrected chi connectivity index (χ4v) is 4.24. The van der Waals surface area contributed by atoms with Gasteiger partial charge in [0.1, 0.15) is 11.8 Å². The second-order valence-electron chi connectivity index (χ2n) is 7.60. The fraction of sp³-hybridized carbons (Fsp3) is 0.286. The quantitative estimate of drug-likeness (QED) is 0.666. The molecule has 1 saturated heterocycles. The molecule has 5 rings (SSSR count). The van der Waals surface area contributed by atoms with Crippen LogP contribution in [0, 0.1) is 6.92 Å². The molecule has 9 heteroatoms. The van der Waals surface area contributed by atoms with E-state index in [1.165, 1.54) is 0 Å². The molecule has 2 aromatic heterocycles. The molecule has 152 valence electrons. The lowest BCUT2D eigenvalue weighted by atomic mass is 9.98. The van der Waals surface area contributed by atoms with Crippen LogP contribution in [0.25, 0.3) is 22.4 Å². The van der Waals surface area contributed by atoms with Crippen molar-refractivity contribution in [2.75, 3.05) is 0 Å². The molecule has 3 amide bonds. The lowest BCUT2D eigenvalue weighted by Gasteiger charge is -2.29. The second-order valence-corrected chi connectivity index (χ2v) is 7.60. The molecule has 0 radical (unpaired) electrons. The number of amides is 3. The highest BCUT2D eigenvalue weighted by Gasteiger charge is 2.39. The zero-order chi connectivity index (χ0) is 21.0. The van der Waals surface area contributed by atoms with Crippen molar-refractivity contribution in [2.45, 2.75) is 32.4 Å². The fourth-order valence-electron chi connectivity index (χ4n) is 4.24. The highest BCUT2D eigenvalue weighted by atomic mass is 16.5. The summed E-state index contributed by atoms with van der Waals surface area (Å²) in [4.78, 5) is 38.1. The van der Waals surface area contributed by atoms with Crippen molar-refractivity contribution in [1.29, 1.82) is 0 Å². The van der Waals surface area contributed by atoms with E-state index < -0.39 is 11.9 Å². The van der Waals surface area contributed by atoms with E-state index in [0.29, 0.717) is 24.3 Å². The van der Waals surface area contributed by atoms with Gasteiger partial charge in [0.15, 0.2) is 0 Å². The molecule has 0 aliphatic carbocycles. The van der Waals surface area contributed by atoms with Gasteiger partial charge >= 0.3 is 0 Å². The van der Waals surface area contributed by atoms with Gasteiger partial charge in [0.05, 0.1) is 23.7 Å². The van der Waals surface area contributed by atoms with Crippen LogP contribution in [0.5, 0.6) is 0 Å². The van der Waals surface area contributed by atoms with Crippen LogP contribution in [0.4, 0.5) is 0 Å². The Bertz CT molecular complexity index is 1210. The molecule has 0 unspecified atom stereocenters. The maximum atomic E-state index is 12.9. The largest absolute Gasteiger partial charge is 0.361 e. The average Bonchev–Trinajstić information content (AvgIpc) is 3.39. The Balaban J connectivity index is 1.50. The van der Waals surface area contributed by atoms with Crippen LogP contribution in [0.1, 0.15) is 34.5 Å². The number of carbonyl (C=O) groups is 3. The number of aromatic nitrogens is 3. The van der Waals surface area contributed by atoms with Gasteiger partial charge in [-0.25, -0.2) is 0 Å². The van der Waals surface area contributed by atoms with Crippen molar-refractivity contribution in [1.82, 2.24) is 25.2 Å². The van der Waals surface area contributed by atoms with Crippen LogP contribution in [0.2, 0.25) is 0 Å². The molecule has 9 nitrogen and oxygen atoms in total. The molecular formula is C21H19N5O4. The normalized spacial score (nSPS) is 18.7. The molecule has 2 aliphatic heterocycles. The van der Waals surface area contributed by atoms with E-state index in [4.69, 9.17) is 4.52 Å². The minimum absolute atomic E-state index is 0.188. The van der Waals surface area contributed by atoms with Crippen molar-refractivity contribution in [2.24, 2.45) is 7.05 Å². The van der Waals surface area contributed by atoms with E-state index in [9.17, 15) is 14.4 Å². The van der Waals surface area contributed by atoms with Crippen molar-refractivity contribution in [3.63, 3.8) is 0 Å². The van der Waals surface area contributed by atoms with Crippen molar-refractivity contribution in [3.8, 4) is 22.4 Å². The second kappa shape index (κ2) is 6.65. The number of hydrogen-bond acceptors (Lipinski definition) is 6. The maximum Gasteiger partial charge on any atom is 0.255 e. The molecule has 4 heterocycles. The number of piperidine rings is 1. The highest BCUT2D eigenvalue weighted by Crippen LogP contribution is 2.36. The topological polar surface area (TPSA) is 110 Å². The Morgan fingerprint density at radius 3 is 2.70 bits per heavy atom. The van der Waals surface area contributed by atoms with Crippen LogP contribution in [-0.4, -0.2) is 43.6 Å². The molecule has 0 bridgehead atoms. The predicted molar refractivity (Wildman–Crippen MR) is 105 cm³/mol. The number of rotatable bonds is 3. The number of fused-ring (bicyclic) bond motifs is 1. The smallest absolute Gasteiger partial charge is 0.255 e. The Labute approximate surface area is 171 Å². The summed E-state index contributed by atoms with van der Waals surface area (Å²) in [5, 5.41) is 10.6. The van der Waals surface area contributed by atoms with Crippen LogP contribution < -0.4 is 5.32 Å². The molecular weight excluding hydrogens is 386 g/mol. The number of benzene rings is 1. The zero-order valence-electron chi connectivity index (χ0n) is 16.5. The van der Waals surface area contributed by atoms with Gasteiger partial charge in [0.2, 0.25) is 11.8 Å². The van der Waals surface area contributed by atoms with E-state index in [2.05, 4.69) is 15.6 Å². The van der Waals surface area contributed by atoms with Gasteiger partial charge in [-0.05, 0) is 36.6 Å². The number of nitrogens with one attached hydrogen (secondary N) is 1. The standard InChI is InChI=1S/C21H19N5O4/c1-11-15(9-23-30-11)19-16(8-22-25(19)2)12-3-4-14-13(7-12)10-26(21(14)29)17-5-6-18(27)24-20(17)28/h3-4,7-9,17H,5-6,10H2,1-2H3,(H,24,27,28)/t17-/m0/s1. The first kappa shape index (κ1) is 18.3. The minimum Gasteiger partial charge on any atom is -0.361 e. The van der Waals surface area contributed by atoms with Gasteiger partial charge in [-0.1, -0.05) is 11.2 Å². The summed E-state index contributed by atoms with van der Waals surface area (Å²) < 4.78 is 6.98. The third-order valence-corrected chi connectivity index (χ3v) is 5.78. The first-order chi connectivity index (χ1) is 14.4. The number of hydrogen-bond donors (Lipinski definition) is 1. The van der Waals surface area contributed by atoms with E-state index in [0.717, 1.165) is 27.9 Å². The van der Waals surface area contributed by atoms with Gasteiger partial charge in [0, 0.05) is 31.1 Å². The lowest BCUT2D eigenvalue weighted by Crippen LogP contribution is -2.52. The number of nitrogens with zero attached hydrogens (tertiary/aromatic N) is 4. The molecule has 0 saturated carbocycles. The summed E-state index contributed by atoms with van der Waals surface area (Å²) in [5.41, 5.74) is 4.97. The maximum absolute atomic E-state index is 12.9. The zero-order valence-corrected chi connectivity index (χ0v) is 16.5. The summed E-state index contributed by atoms with van der Waals surface area (Å²) in [5.74, 6) is -0.200. The van der Waals surface area contributed by atoms with Gasteiger partial charge in [0.25, 0.3) is 5.91 Å². The molecule has 1 N–H and O–H groups in total. The van der Waals surface area contributed by atoms with Gasteiger partial charge in [-0.2, -0.15) is 5.10 Å². The Kier molecular flexibility index (Phi) is 4.05. The molecule has 1 atom stereocenters. The summed E-state index contributed by atoms with van der Waals surface area (Å²) in [6.45, 7) is 2.18. The molecule has 2 aliphatic rings. The summed E-state index contributed by atoms with van der Waals surface area (Å²) in [6, 6.07) is 5.01. The predicted octanol–water partition coefficient (Wildman–Crippen LogP) is 1.81. The first-order valence-corrected chi connectivity index (χ1v) is 9.65. The molecule has 30 heavy (non-hydrogen) atoms. The third-order valence-electron chi connectivity index (χ3n) is 5.78. The average molecular weight is 405 g/mol. The number of carbonyl (C=O) groups excluding carboxylic acids is 3. The van der Waals surface area contributed by atoms with Gasteiger partial charge in [-0.15, -0.1) is 0 Å². The monoisotopic (exact) mass is 405 g/mol. The minimum atomic E-state index is -0.625. The SMILES string of the molecule is Cc1oncc1-c1c(-c2ccc3c(c2)CN([C@H]2CCC(=O)NC2=O)C3=O)cnn1C. The van der Waals surface area contributed by atoms with Crippen LogP contribution in [-0.2, 0) is 23.2 Å². The Morgan fingerprint density at radius 1 is 1.13 bits per heavy atom. The Hall–Kier alpha value is -3.75.